The Bertz CT molecular complexity index is 842. The van der Waals surface area contributed by atoms with Gasteiger partial charge in [-0.1, -0.05) is 49.7 Å². The number of amides is 1. The Hall–Kier alpha value is -2.17. The van der Waals surface area contributed by atoms with E-state index in [0.29, 0.717) is 6.54 Å². The first-order chi connectivity index (χ1) is 15.2. The number of hydrogen-bond acceptors (Lipinski definition) is 3. The third-order valence-corrected chi connectivity index (χ3v) is 6.66. The van der Waals surface area contributed by atoms with Crippen LogP contribution in [0.5, 0.6) is 0 Å². The van der Waals surface area contributed by atoms with Crippen LogP contribution in [0, 0.1) is 5.92 Å². The zero-order valence-corrected chi connectivity index (χ0v) is 19.0. The van der Waals surface area contributed by atoms with Crippen molar-refractivity contribution in [3.05, 3.63) is 70.8 Å². The van der Waals surface area contributed by atoms with Crippen molar-refractivity contribution in [2.45, 2.75) is 58.7 Å². The fourth-order valence-electron chi connectivity index (χ4n) is 4.95. The number of nitrogens with zero attached hydrogens (tertiary/aromatic N) is 2. The molecule has 0 aliphatic carbocycles. The Morgan fingerprint density at radius 2 is 1.58 bits per heavy atom. The van der Waals surface area contributed by atoms with Gasteiger partial charge in [-0.15, -0.1) is 0 Å². The van der Waals surface area contributed by atoms with Gasteiger partial charge in [-0.05, 0) is 80.1 Å². The molecule has 0 spiro atoms. The molecule has 166 valence electrons. The summed E-state index contributed by atoms with van der Waals surface area (Å²) in [6.45, 7) is 9.67. The number of likely N-dealkylation sites (tertiary alicyclic amines) is 2. The molecule has 2 fully saturated rings. The molecular formula is C27H37N3O. The Morgan fingerprint density at radius 1 is 0.871 bits per heavy atom. The van der Waals surface area contributed by atoms with Crippen LogP contribution in [0.3, 0.4) is 0 Å². The summed E-state index contributed by atoms with van der Waals surface area (Å²) in [5.74, 6) is 0.789. The number of nitrogens with one attached hydrogen (secondary N) is 1. The van der Waals surface area contributed by atoms with Gasteiger partial charge in [0.25, 0.3) is 5.91 Å². The fraction of sp³-hybridized carbons (Fsp3) is 0.519. The number of benzene rings is 2. The molecule has 4 nitrogen and oxygen atoms in total. The van der Waals surface area contributed by atoms with Crippen molar-refractivity contribution in [3.63, 3.8) is 0 Å². The third kappa shape index (κ3) is 6.65. The van der Waals surface area contributed by atoms with E-state index >= 15 is 0 Å². The normalized spacial score (nSPS) is 20.5. The Morgan fingerprint density at radius 3 is 2.35 bits per heavy atom. The van der Waals surface area contributed by atoms with Crippen LogP contribution in [-0.4, -0.2) is 41.9 Å². The molecule has 2 heterocycles. The molecular weight excluding hydrogens is 382 g/mol. The standard InChI is InChI=1S/C27H37N3O/c1-22-7-6-16-30(19-22)20-23-10-12-26(13-11-23)27(31)28-18-24-8-5-9-25(17-24)21-29-14-3-2-4-15-29/h5,8-13,17,22H,2-4,6-7,14-16,18-21H2,1H3,(H,28,31)/t22-/m1/s1. The number of piperidine rings is 2. The molecule has 2 aliphatic rings. The third-order valence-electron chi connectivity index (χ3n) is 6.66. The molecule has 2 saturated heterocycles. The Kier molecular flexibility index (Phi) is 7.76. The summed E-state index contributed by atoms with van der Waals surface area (Å²) < 4.78 is 0. The summed E-state index contributed by atoms with van der Waals surface area (Å²) in [4.78, 5) is 17.7. The summed E-state index contributed by atoms with van der Waals surface area (Å²) in [6, 6.07) is 16.8. The van der Waals surface area contributed by atoms with Gasteiger partial charge in [-0.3, -0.25) is 14.6 Å². The first-order valence-electron chi connectivity index (χ1n) is 12.1. The lowest BCUT2D eigenvalue weighted by molar-refractivity contribution is 0.0951. The average Bonchev–Trinajstić information content (AvgIpc) is 2.79. The van der Waals surface area contributed by atoms with E-state index in [2.05, 4.69) is 58.4 Å². The molecule has 2 aromatic rings. The van der Waals surface area contributed by atoms with Gasteiger partial charge in [-0.2, -0.15) is 0 Å². The molecule has 4 rings (SSSR count). The number of hydrogen-bond donors (Lipinski definition) is 1. The Balaban J connectivity index is 1.27. The molecule has 0 bridgehead atoms. The lowest BCUT2D eigenvalue weighted by atomic mass is 9.99. The van der Waals surface area contributed by atoms with Crippen molar-refractivity contribution in [1.29, 1.82) is 0 Å². The molecule has 2 aromatic carbocycles. The van der Waals surface area contributed by atoms with Gasteiger partial charge >= 0.3 is 0 Å². The van der Waals surface area contributed by atoms with E-state index in [4.69, 9.17) is 0 Å². The fourth-order valence-corrected chi connectivity index (χ4v) is 4.95. The van der Waals surface area contributed by atoms with E-state index in [1.165, 1.54) is 75.0 Å². The minimum atomic E-state index is -0.000390. The van der Waals surface area contributed by atoms with E-state index in [1.807, 2.05) is 12.1 Å². The summed E-state index contributed by atoms with van der Waals surface area (Å²) in [6.07, 6.45) is 6.62. The highest BCUT2D eigenvalue weighted by atomic mass is 16.1. The first-order valence-corrected chi connectivity index (χ1v) is 12.1. The van der Waals surface area contributed by atoms with Crippen LogP contribution in [0.2, 0.25) is 0 Å². The van der Waals surface area contributed by atoms with Crippen LogP contribution in [0.15, 0.2) is 48.5 Å². The van der Waals surface area contributed by atoms with Crippen LogP contribution >= 0.6 is 0 Å². The zero-order valence-electron chi connectivity index (χ0n) is 19.0. The van der Waals surface area contributed by atoms with Gasteiger partial charge in [0.1, 0.15) is 0 Å². The second-order valence-corrected chi connectivity index (χ2v) is 9.52. The van der Waals surface area contributed by atoms with E-state index in [9.17, 15) is 4.79 Å². The predicted octanol–water partition coefficient (Wildman–Crippen LogP) is 4.83. The van der Waals surface area contributed by atoms with Crippen molar-refractivity contribution in [1.82, 2.24) is 15.1 Å². The maximum Gasteiger partial charge on any atom is 0.251 e. The highest BCUT2D eigenvalue weighted by Gasteiger charge is 2.16. The second kappa shape index (κ2) is 10.9. The SMILES string of the molecule is C[C@@H]1CCCN(Cc2ccc(C(=O)NCc3cccc(CN4CCCCC4)c3)cc2)C1. The van der Waals surface area contributed by atoms with Crippen molar-refractivity contribution >= 4 is 5.91 Å². The summed E-state index contributed by atoms with van der Waals surface area (Å²) >= 11 is 0. The molecule has 0 saturated carbocycles. The molecule has 4 heteroatoms. The quantitative estimate of drug-likeness (QED) is 0.698. The molecule has 2 aliphatic heterocycles. The lowest BCUT2D eigenvalue weighted by Gasteiger charge is -2.30. The molecule has 0 radical (unpaired) electrons. The molecule has 0 aromatic heterocycles. The topological polar surface area (TPSA) is 35.6 Å². The number of carbonyl (C=O) groups excluding carboxylic acids is 1. The van der Waals surface area contributed by atoms with E-state index < -0.39 is 0 Å². The maximum absolute atomic E-state index is 12.6. The largest absolute Gasteiger partial charge is 0.348 e. The first kappa shape index (κ1) is 22.0. The van der Waals surface area contributed by atoms with Gasteiger partial charge in [0.15, 0.2) is 0 Å². The molecule has 0 unspecified atom stereocenters. The van der Waals surface area contributed by atoms with E-state index in [0.717, 1.165) is 24.6 Å². The Labute approximate surface area is 187 Å². The van der Waals surface area contributed by atoms with Crippen LogP contribution in [0.4, 0.5) is 0 Å². The van der Waals surface area contributed by atoms with Crippen LogP contribution < -0.4 is 5.32 Å². The summed E-state index contributed by atoms with van der Waals surface area (Å²) in [5, 5.41) is 3.09. The lowest BCUT2D eigenvalue weighted by Crippen LogP contribution is -2.33. The number of rotatable bonds is 7. The van der Waals surface area contributed by atoms with Crippen LogP contribution in [-0.2, 0) is 19.6 Å². The monoisotopic (exact) mass is 419 g/mol. The van der Waals surface area contributed by atoms with Gasteiger partial charge in [0.05, 0.1) is 0 Å². The zero-order chi connectivity index (χ0) is 21.5. The van der Waals surface area contributed by atoms with Crippen molar-refractivity contribution in [3.8, 4) is 0 Å². The minimum absolute atomic E-state index is 0.000390. The smallest absolute Gasteiger partial charge is 0.251 e. The van der Waals surface area contributed by atoms with Gasteiger partial charge in [0.2, 0.25) is 0 Å². The average molecular weight is 420 g/mol. The van der Waals surface area contributed by atoms with Crippen molar-refractivity contribution in [2.75, 3.05) is 26.2 Å². The van der Waals surface area contributed by atoms with Gasteiger partial charge < -0.3 is 5.32 Å². The highest BCUT2D eigenvalue weighted by molar-refractivity contribution is 5.94. The predicted molar refractivity (Wildman–Crippen MR) is 127 cm³/mol. The molecule has 1 N–H and O–H groups in total. The summed E-state index contributed by atoms with van der Waals surface area (Å²) in [7, 11) is 0. The molecule has 1 atom stereocenters. The summed E-state index contributed by atoms with van der Waals surface area (Å²) in [5.41, 5.74) is 4.53. The van der Waals surface area contributed by atoms with Crippen molar-refractivity contribution in [2.24, 2.45) is 5.92 Å². The van der Waals surface area contributed by atoms with Crippen LogP contribution in [0.25, 0.3) is 0 Å². The van der Waals surface area contributed by atoms with E-state index in [1.54, 1.807) is 0 Å². The van der Waals surface area contributed by atoms with E-state index in [-0.39, 0.29) is 5.91 Å². The van der Waals surface area contributed by atoms with Crippen molar-refractivity contribution < 1.29 is 4.79 Å². The molecule has 1 amide bonds. The maximum atomic E-state index is 12.6. The second-order valence-electron chi connectivity index (χ2n) is 9.52. The van der Waals surface area contributed by atoms with Gasteiger partial charge in [0, 0.05) is 31.7 Å². The molecule has 31 heavy (non-hydrogen) atoms. The highest BCUT2D eigenvalue weighted by Crippen LogP contribution is 2.18. The number of carbonyl (C=O) groups is 1. The van der Waals surface area contributed by atoms with Gasteiger partial charge in [-0.25, -0.2) is 0 Å². The van der Waals surface area contributed by atoms with Crippen LogP contribution in [0.1, 0.15) is 66.1 Å². The minimum Gasteiger partial charge on any atom is -0.348 e.